The lowest BCUT2D eigenvalue weighted by atomic mass is 10.2. The molecule has 104 valence electrons. The smallest absolute Gasteiger partial charge is 0.323 e. The molecular formula is C13H17ClN2O3. The van der Waals surface area contributed by atoms with Crippen molar-refractivity contribution in [2.75, 3.05) is 20.1 Å². The number of rotatable bonds is 5. The van der Waals surface area contributed by atoms with Crippen LogP contribution in [0.4, 0.5) is 4.79 Å². The van der Waals surface area contributed by atoms with Gasteiger partial charge in [0.25, 0.3) is 0 Å². The van der Waals surface area contributed by atoms with Crippen LogP contribution in [-0.2, 0) is 11.3 Å². The number of nitrogens with zero attached hydrogens (tertiary/aromatic N) is 2. The number of likely N-dealkylation sites (N-methyl/N-ethyl adjacent to an activating group) is 1. The first-order chi connectivity index (χ1) is 8.93. The van der Waals surface area contributed by atoms with Crippen LogP contribution in [0.15, 0.2) is 24.3 Å². The molecule has 0 saturated heterocycles. The first-order valence-corrected chi connectivity index (χ1v) is 6.28. The van der Waals surface area contributed by atoms with Gasteiger partial charge >= 0.3 is 12.0 Å². The van der Waals surface area contributed by atoms with E-state index in [-0.39, 0.29) is 12.6 Å². The Labute approximate surface area is 117 Å². The van der Waals surface area contributed by atoms with Crippen molar-refractivity contribution >= 4 is 23.6 Å². The number of carbonyl (C=O) groups is 2. The predicted molar refractivity (Wildman–Crippen MR) is 73.2 cm³/mol. The molecule has 19 heavy (non-hydrogen) atoms. The lowest BCUT2D eigenvalue weighted by Crippen LogP contribution is -2.43. The zero-order valence-corrected chi connectivity index (χ0v) is 11.7. The van der Waals surface area contributed by atoms with Crippen molar-refractivity contribution in [3.63, 3.8) is 0 Å². The number of hydrogen-bond donors (Lipinski definition) is 1. The molecular weight excluding hydrogens is 268 g/mol. The van der Waals surface area contributed by atoms with Gasteiger partial charge in [0.2, 0.25) is 0 Å². The van der Waals surface area contributed by atoms with Gasteiger partial charge in [-0.15, -0.1) is 0 Å². The van der Waals surface area contributed by atoms with Crippen LogP contribution < -0.4 is 0 Å². The zero-order chi connectivity index (χ0) is 14.4. The number of hydrogen-bond acceptors (Lipinski definition) is 2. The molecule has 0 radical (unpaired) electrons. The van der Waals surface area contributed by atoms with E-state index in [4.69, 9.17) is 16.7 Å². The van der Waals surface area contributed by atoms with Crippen LogP contribution in [0.3, 0.4) is 0 Å². The van der Waals surface area contributed by atoms with E-state index in [2.05, 4.69) is 0 Å². The van der Waals surface area contributed by atoms with Gasteiger partial charge in [-0.25, -0.2) is 4.79 Å². The molecule has 6 heteroatoms. The molecule has 1 rings (SSSR count). The van der Waals surface area contributed by atoms with Crippen molar-refractivity contribution in [3.8, 4) is 0 Å². The Morgan fingerprint density at radius 2 is 2.05 bits per heavy atom. The topological polar surface area (TPSA) is 60.9 Å². The van der Waals surface area contributed by atoms with Crippen molar-refractivity contribution in [1.29, 1.82) is 0 Å². The summed E-state index contributed by atoms with van der Waals surface area (Å²) in [7, 11) is 1.63. The van der Waals surface area contributed by atoms with Crippen LogP contribution in [0, 0.1) is 0 Å². The van der Waals surface area contributed by atoms with E-state index in [1.165, 1.54) is 9.80 Å². The van der Waals surface area contributed by atoms with Gasteiger partial charge in [0.05, 0.1) is 0 Å². The summed E-state index contributed by atoms with van der Waals surface area (Å²) in [4.78, 5) is 25.5. The van der Waals surface area contributed by atoms with E-state index in [1.807, 2.05) is 12.1 Å². The van der Waals surface area contributed by atoms with Crippen molar-refractivity contribution in [1.82, 2.24) is 9.80 Å². The number of urea groups is 1. The molecule has 0 spiro atoms. The van der Waals surface area contributed by atoms with Gasteiger partial charge in [-0.3, -0.25) is 4.79 Å². The third kappa shape index (κ3) is 4.79. The first-order valence-electron chi connectivity index (χ1n) is 5.90. The summed E-state index contributed by atoms with van der Waals surface area (Å²) in [5.41, 5.74) is 0.898. The number of benzene rings is 1. The highest BCUT2D eigenvalue weighted by molar-refractivity contribution is 6.30. The van der Waals surface area contributed by atoms with Gasteiger partial charge in [-0.1, -0.05) is 23.7 Å². The Morgan fingerprint density at radius 1 is 1.37 bits per heavy atom. The predicted octanol–water partition coefficient (Wildman–Crippen LogP) is 2.30. The molecule has 0 aliphatic rings. The Hall–Kier alpha value is -1.75. The molecule has 0 fully saturated rings. The second kappa shape index (κ2) is 6.99. The van der Waals surface area contributed by atoms with Crippen molar-refractivity contribution in [2.24, 2.45) is 0 Å². The number of aliphatic carboxylic acids is 1. The molecule has 0 atom stereocenters. The van der Waals surface area contributed by atoms with Crippen LogP contribution in [0.1, 0.15) is 12.5 Å². The molecule has 1 aromatic rings. The third-order valence-electron chi connectivity index (χ3n) is 2.61. The number of carbonyl (C=O) groups excluding carboxylic acids is 1. The van der Waals surface area contributed by atoms with Crippen molar-refractivity contribution in [3.05, 3.63) is 34.9 Å². The SMILES string of the molecule is CCN(CC(=O)O)C(=O)N(C)Cc1cccc(Cl)c1. The molecule has 0 saturated carbocycles. The Balaban J connectivity index is 2.68. The van der Waals surface area contributed by atoms with Gasteiger partial charge < -0.3 is 14.9 Å². The summed E-state index contributed by atoms with van der Waals surface area (Å²) >= 11 is 5.87. The van der Waals surface area contributed by atoms with Crippen molar-refractivity contribution < 1.29 is 14.7 Å². The number of halogens is 1. The minimum Gasteiger partial charge on any atom is -0.480 e. The van der Waals surface area contributed by atoms with Gasteiger partial charge in [-0.05, 0) is 24.6 Å². The highest BCUT2D eigenvalue weighted by Gasteiger charge is 2.18. The summed E-state index contributed by atoms with van der Waals surface area (Å²) in [5.74, 6) is -1.02. The largest absolute Gasteiger partial charge is 0.480 e. The molecule has 0 heterocycles. The summed E-state index contributed by atoms with van der Waals surface area (Å²) in [5, 5.41) is 9.35. The quantitative estimate of drug-likeness (QED) is 0.902. The number of carboxylic acids is 1. The second-order valence-corrected chi connectivity index (χ2v) is 4.61. The maximum absolute atomic E-state index is 12.1. The van der Waals surface area contributed by atoms with Crippen LogP contribution in [-0.4, -0.2) is 47.0 Å². The highest BCUT2D eigenvalue weighted by Crippen LogP contribution is 2.12. The average Bonchev–Trinajstić information content (AvgIpc) is 2.34. The van der Waals surface area contributed by atoms with E-state index in [0.29, 0.717) is 18.1 Å². The average molecular weight is 285 g/mol. The van der Waals surface area contributed by atoms with E-state index >= 15 is 0 Å². The van der Waals surface area contributed by atoms with E-state index in [1.54, 1.807) is 26.1 Å². The van der Waals surface area contributed by atoms with Crippen LogP contribution >= 0.6 is 11.6 Å². The fourth-order valence-corrected chi connectivity index (χ4v) is 1.91. The molecule has 0 unspecified atom stereocenters. The standard InChI is InChI=1S/C13H17ClN2O3/c1-3-16(9-12(17)18)13(19)15(2)8-10-5-4-6-11(14)7-10/h4-7H,3,8-9H2,1-2H3,(H,17,18). The monoisotopic (exact) mass is 284 g/mol. The van der Waals surface area contributed by atoms with E-state index in [0.717, 1.165) is 5.56 Å². The summed E-state index contributed by atoms with van der Waals surface area (Å²) in [6.07, 6.45) is 0. The molecule has 0 bridgehead atoms. The summed E-state index contributed by atoms with van der Waals surface area (Å²) < 4.78 is 0. The second-order valence-electron chi connectivity index (χ2n) is 4.18. The molecule has 5 nitrogen and oxygen atoms in total. The van der Waals surface area contributed by atoms with Crippen LogP contribution in [0.25, 0.3) is 0 Å². The zero-order valence-electron chi connectivity index (χ0n) is 11.0. The maximum atomic E-state index is 12.1. The Kier molecular flexibility index (Phi) is 5.63. The highest BCUT2D eigenvalue weighted by atomic mass is 35.5. The van der Waals surface area contributed by atoms with Crippen LogP contribution in [0.2, 0.25) is 5.02 Å². The number of carboxylic acid groups (broad SMARTS) is 1. The molecule has 0 aliphatic heterocycles. The van der Waals surface area contributed by atoms with Gasteiger partial charge in [0.1, 0.15) is 6.54 Å². The minimum atomic E-state index is -1.02. The van der Waals surface area contributed by atoms with E-state index < -0.39 is 5.97 Å². The Bertz CT molecular complexity index is 465. The molecule has 1 aromatic carbocycles. The Morgan fingerprint density at radius 3 is 2.58 bits per heavy atom. The normalized spacial score (nSPS) is 10.1. The van der Waals surface area contributed by atoms with Crippen molar-refractivity contribution in [2.45, 2.75) is 13.5 Å². The fraction of sp³-hybridized carbons (Fsp3) is 0.385. The van der Waals surface area contributed by atoms with Gasteiger partial charge in [0, 0.05) is 25.2 Å². The maximum Gasteiger partial charge on any atom is 0.323 e. The van der Waals surface area contributed by atoms with Gasteiger partial charge in [-0.2, -0.15) is 0 Å². The third-order valence-corrected chi connectivity index (χ3v) is 2.85. The minimum absolute atomic E-state index is 0.296. The molecule has 0 aromatic heterocycles. The van der Waals surface area contributed by atoms with Crippen LogP contribution in [0.5, 0.6) is 0 Å². The van der Waals surface area contributed by atoms with Gasteiger partial charge in [0.15, 0.2) is 0 Å². The first kappa shape index (κ1) is 15.3. The number of amides is 2. The summed E-state index contributed by atoms with van der Waals surface area (Å²) in [6.45, 7) is 2.18. The lowest BCUT2D eigenvalue weighted by Gasteiger charge is -2.26. The molecule has 0 aliphatic carbocycles. The molecule has 2 amide bonds. The fourth-order valence-electron chi connectivity index (χ4n) is 1.70. The molecule has 1 N–H and O–H groups in total. The van der Waals surface area contributed by atoms with E-state index in [9.17, 15) is 9.59 Å². The summed E-state index contributed by atoms with van der Waals surface area (Å²) in [6, 6.07) is 6.90. The lowest BCUT2D eigenvalue weighted by molar-refractivity contribution is -0.137.